The largest absolute Gasteiger partial charge is 0.297 e. The minimum absolute atomic E-state index is 0.0972. The lowest BCUT2D eigenvalue weighted by Gasteiger charge is -1.94. The molecule has 0 aromatic rings. The van der Waals surface area contributed by atoms with Gasteiger partial charge in [-0.1, -0.05) is 12.2 Å². The molecule has 3 heteroatoms. The van der Waals surface area contributed by atoms with Gasteiger partial charge in [0.05, 0.1) is 0 Å². The molecule has 0 aliphatic rings. The normalized spacial score (nSPS) is 13.7. The Morgan fingerprint density at radius 2 is 2.50 bits per heavy atom. The highest BCUT2D eigenvalue weighted by molar-refractivity contribution is 7.79. The number of rotatable bonds is 2. The summed E-state index contributed by atoms with van der Waals surface area (Å²) in [5.41, 5.74) is 0. The van der Waals surface area contributed by atoms with Crippen LogP contribution in [0.3, 0.4) is 0 Å². The monoisotopic (exact) mass is 105 g/mol. The van der Waals surface area contributed by atoms with E-state index in [1.807, 2.05) is 0 Å². The molecular formula is C3H7NOS. The van der Waals surface area contributed by atoms with Crippen LogP contribution in [-0.4, -0.2) is 11.5 Å². The number of hydrogen-bond donors (Lipinski definition) is 1. The average Bonchev–Trinajstić information content (AvgIpc) is 1.65. The fourth-order valence-electron chi connectivity index (χ4n) is 0.0321. The van der Waals surface area contributed by atoms with Gasteiger partial charge >= 0.3 is 0 Å². The molecular weight excluding hydrogens is 98.1 g/mol. The molecule has 0 aromatic heterocycles. The highest BCUT2D eigenvalue weighted by Crippen LogP contribution is 1.75. The Bertz CT molecular complexity index is 48.1. The summed E-state index contributed by atoms with van der Waals surface area (Å²) >= 11 is 4.44. The van der Waals surface area contributed by atoms with Crippen LogP contribution in [0.5, 0.6) is 0 Å². The van der Waals surface area contributed by atoms with Crippen molar-refractivity contribution in [2.24, 2.45) is 5.90 Å². The van der Waals surface area contributed by atoms with E-state index in [0.717, 1.165) is 0 Å². The Balaban J connectivity index is 2.96. The van der Waals surface area contributed by atoms with E-state index in [-0.39, 0.29) is 6.10 Å². The molecule has 0 aromatic carbocycles. The van der Waals surface area contributed by atoms with Crippen molar-refractivity contribution in [1.82, 2.24) is 0 Å². The summed E-state index contributed by atoms with van der Waals surface area (Å²) in [6, 6.07) is 0. The Morgan fingerprint density at radius 3 is 2.50 bits per heavy atom. The maximum Gasteiger partial charge on any atom is 0.104 e. The van der Waals surface area contributed by atoms with Crippen LogP contribution < -0.4 is 5.90 Å². The smallest absolute Gasteiger partial charge is 0.104 e. The van der Waals surface area contributed by atoms with E-state index in [0.29, 0.717) is 0 Å². The predicted octanol–water partition coefficient (Wildman–Crippen LogP) is 0.265. The zero-order chi connectivity index (χ0) is 4.99. The van der Waals surface area contributed by atoms with E-state index in [2.05, 4.69) is 23.0 Å². The van der Waals surface area contributed by atoms with Gasteiger partial charge in [0, 0.05) is 5.37 Å². The molecule has 0 aliphatic heterocycles. The van der Waals surface area contributed by atoms with Gasteiger partial charge in [0.2, 0.25) is 0 Å². The van der Waals surface area contributed by atoms with Crippen LogP contribution in [0.25, 0.3) is 0 Å². The molecule has 0 fully saturated rings. The van der Waals surface area contributed by atoms with Crippen molar-refractivity contribution in [2.75, 3.05) is 0 Å². The van der Waals surface area contributed by atoms with Gasteiger partial charge in [-0.2, -0.15) is 0 Å². The summed E-state index contributed by atoms with van der Waals surface area (Å²) in [7, 11) is 0. The summed E-state index contributed by atoms with van der Waals surface area (Å²) in [6.45, 7) is 1.77. The van der Waals surface area contributed by atoms with E-state index in [4.69, 9.17) is 0 Å². The Hall–Kier alpha value is 0.0100. The Labute approximate surface area is 42.2 Å². The second-order valence-electron chi connectivity index (χ2n) is 0.977. The Morgan fingerprint density at radius 1 is 2.00 bits per heavy atom. The van der Waals surface area contributed by atoms with Gasteiger partial charge < -0.3 is 0 Å². The maximum atomic E-state index is 4.68. The van der Waals surface area contributed by atoms with E-state index >= 15 is 0 Å². The zero-order valence-electron chi connectivity index (χ0n) is 3.55. The van der Waals surface area contributed by atoms with Gasteiger partial charge in [0.25, 0.3) is 0 Å². The summed E-state index contributed by atoms with van der Waals surface area (Å²) in [5.74, 6) is 4.68. The third-order valence-corrected chi connectivity index (χ3v) is 0.790. The van der Waals surface area contributed by atoms with E-state index in [9.17, 15) is 0 Å². The Kier molecular flexibility index (Phi) is 3.21. The second-order valence-corrected chi connectivity index (χ2v) is 1.25. The number of thiocarbonyl (C=S) groups is 1. The molecule has 0 rings (SSSR count). The van der Waals surface area contributed by atoms with Gasteiger partial charge in [-0.05, 0) is 6.92 Å². The highest BCUT2D eigenvalue weighted by atomic mass is 32.1. The average molecular weight is 105 g/mol. The SMILES string of the molecule is CC(C=S)ON. The molecule has 0 bridgehead atoms. The number of nitrogens with two attached hydrogens (primary N) is 1. The van der Waals surface area contributed by atoms with Crippen LogP contribution in [-0.2, 0) is 4.84 Å². The van der Waals surface area contributed by atoms with E-state index in [1.165, 1.54) is 5.37 Å². The third kappa shape index (κ3) is 2.26. The maximum absolute atomic E-state index is 4.68. The highest BCUT2D eigenvalue weighted by Gasteiger charge is 1.86. The third-order valence-electron chi connectivity index (χ3n) is 0.406. The van der Waals surface area contributed by atoms with Crippen LogP contribution >= 0.6 is 12.2 Å². The molecule has 2 N–H and O–H groups in total. The quantitative estimate of drug-likeness (QED) is 0.404. The summed E-state index contributed by atoms with van der Waals surface area (Å²) in [5, 5.41) is 1.46. The second kappa shape index (κ2) is 3.21. The van der Waals surface area contributed by atoms with Crippen LogP contribution in [0.4, 0.5) is 0 Å². The minimum atomic E-state index is -0.0972. The summed E-state index contributed by atoms with van der Waals surface area (Å²) in [4.78, 5) is 4.24. The van der Waals surface area contributed by atoms with Gasteiger partial charge in [-0.25, -0.2) is 5.90 Å². The molecule has 36 valence electrons. The van der Waals surface area contributed by atoms with E-state index in [1.54, 1.807) is 6.92 Å². The fraction of sp³-hybridized carbons (Fsp3) is 0.667. The molecule has 0 spiro atoms. The van der Waals surface area contributed by atoms with Crippen molar-refractivity contribution >= 4 is 17.6 Å². The topological polar surface area (TPSA) is 35.2 Å². The molecule has 1 atom stereocenters. The first-order valence-corrected chi connectivity index (χ1v) is 2.09. The van der Waals surface area contributed by atoms with Crippen molar-refractivity contribution in [3.63, 3.8) is 0 Å². The molecule has 0 saturated carbocycles. The summed E-state index contributed by atoms with van der Waals surface area (Å²) < 4.78 is 0. The van der Waals surface area contributed by atoms with Crippen molar-refractivity contribution in [3.8, 4) is 0 Å². The molecule has 0 amide bonds. The van der Waals surface area contributed by atoms with Crippen LogP contribution in [0.1, 0.15) is 6.92 Å². The fourth-order valence-corrected chi connectivity index (χ4v) is 0.0962. The van der Waals surface area contributed by atoms with Gasteiger partial charge in [0.15, 0.2) is 0 Å². The molecule has 0 heterocycles. The first-order chi connectivity index (χ1) is 2.81. The molecule has 6 heavy (non-hydrogen) atoms. The van der Waals surface area contributed by atoms with Crippen molar-refractivity contribution in [3.05, 3.63) is 0 Å². The minimum Gasteiger partial charge on any atom is -0.297 e. The molecule has 2 nitrogen and oxygen atoms in total. The molecule has 0 aliphatic carbocycles. The lowest BCUT2D eigenvalue weighted by atomic mass is 10.5. The molecule has 0 radical (unpaired) electrons. The van der Waals surface area contributed by atoms with Gasteiger partial charge in [0.1, 0.15) is 6.10 Å². The van der Waals surface area contributed by atoms with Crippen LogP contribution in [0.2, 0.25) is 0 Å². The number of hydrogen-bond acceptors (Lipinski definition) is 3. The van der Waals surface area contributed by atoms with Crippen LogP contribution in [0, 0.1) is 0 Å². The summed E-state index contributed by atoms with van der Waals surface area (Å²) in [6.07, 6.45) is -0.0972. The van der Waals surface area contributed by atoms with Crippen LogP contribution in [0.15, 0.2) is 0 Å². The van der Waals surface area contributed by atoms with Crippen molar-refractivity contribution in [1.29, 1.82) is 0 Å². The van der Waals surface area contributed by atoms with Gasteiger partial charge in [-0.3, -0.25) is 4.84 Å². The predicted molar refractivity (Wildman–Crippen MR) is 28.4 cm³/mol. The standard InChI is InChI=1S/C3H7NOS/c1-3(2-6)5-4/h2-3H,4H2,1H3. The molecule has 1 unspecified atom stereocenters. The van der Waals surface area contributed by atoms with Crippen molar-refractivity contribution in [2.45, 2.75) is 13.0 Å². The lowest BCUT2D eigenvalue weighted by molar-refractivity contribution is 0.117. The van der Waals surface area contributed by atoms with Gasteiger partial charge in [-0.15, -0.1) is 0 Å². The first-order valence-electron chi connectivity index (χ1n) is 1.62. The first kappa shape index (κ1) is 6.01. The van der Waals surface area contributed by atoms with E-state index < -0.39 is 0 Å². The van der Waals surface area contributed by atoms with Crippen molar-refractivity contribution < 1.29 is 4.84 Å². The zero-order valence-corrected chi connectivity index (χ0v) is 4.37. The lowest BCUT2D eigenvalue weighted by Crippen LogP contribution is -2.12. The molecule has 0 saturated heterocycles.